The average Bonchev–Trinajstić information content (AvgIpc) is 3.01. The second kappa shape index (κ2) is 9.50. The quantitative estimate of drug-likeness (QED) is 0.312. The number of ether oxygens (including phenoxy) is 1. The molecule has 1 aromatic rings. The first kappa shape index (κ1) is 21.1. The maximum absolute atomic E-state index is 12.5. The van der Waals surface area contributed by atoms with Crippen molar-refractivity contribution in [2.75, 3.05) is 33.3 Å². The van der Waals surface area contributed by atoms with E-state index in [0.29, 0.717) is 12.7 Å². The minimum absolute atomic E-state index is 0. The third kappa shape index (κ3) is 5.83. The molecule has 0 bridgehead atoms. The van der Waals surface area contributed by atoms with Crippen LogP contribution in [0, 0.1) is 0 Å². The molecule has 0 saturated carbocycles. The Morgan fingerprint density at radius 1 is 1.42 bits per heavy atom. The van der Waals surface area contributed by atoms with E-state index in [1.165, 1.54) is 0 Å². The maximum atomic E-state index is 12.5. The van der Waals surface area contributed by atoms with Gasteiger partial charge in [0.05, 0.1) is 12.1 Å². The molecule has 1 fully saturated rings. The summed E-state index contributed by atoms with van der Waals surface area (Å²) in [6.45, 7) is 2.59. The van der Waals surface area contributed by atoms with E-state index < -0.39 is 11.7 Å². The number of rotatable bonds is 4. The molecule has 24 heavy (non-hydrogen) atoms. The number of aliphatic imine (C=N–C) groups is 1. The summed E-state index contributed by atoms with van der Waals surface area (Å²) >= 11 is 5.77. The molecule has 0 spiro atoms. The molecule has 1 saturated heterocycles. The van der Waals surface area contributed by atoms with Crippen molar-refractivity contribution in [1.82, 2.24) is 15.2 Å². The molecule has 0 unspecified atom stereocenters. The van der Waals surface area contributed by atoms with Crippen molar-refractivity contribution in [1.29, 1.82) is 0 Å². The Balaban J connectivity index is 0.00000288. The summed E-state index contributed by atoms with van der Waals surface area (Å²) in [7, 11) is 1.70. The molecular weight excluding hydrogens is 460 g/mol. The highest BCUT2D eigenvalue weighted by molar-refractivity contribution is 14.0. The molecule has 1 aromatic heterocycles. The summed E-state index contributed by atoms with van der Waals surface area (Å²) < 4.78 is 42.9. The lowest BCUT2D eigenvalue weighted by atomic mass is 10.3. The standard InChI is InChI=1S/C14H18ClF3N4O.HI/c1-19-13(22-5-2-3-6-22)20-4-7-23-12-11(15)8-10(9-21-12)14(16,17)18;/h8-9H,2-7H2,1H3,(H,19,20);1H. The van der Waals surface area contributed by atoms with E-state index in [1.54, 1.807) is 7.05 Å². The highest BCUT2D eigenvalue weighted by Crippen LogP contribution is 2.32. The van der Waals surface area contributed by atoms with Crippen molar-refractivity contribution in [2.24, 2.45) is 4.99 Å². The second-order valence-corrected chi connectivity index (χ2v) is 5.43. The van der Waals surface area contributed by atoms with Crippen LogP contribution in [0.1, 0.15) is 18.4 Å². The number of hydrogen-bond donors (Lipinski definition) is 1. The smallest absolute Gasteiger partial charge is 0.417 e. The van der Waals surface area contributed by atoms with Gasteiger partial charge in [-0.1, -0.05) is 11.6 Å². The molecule has 136 valence electrons. The summed E-state index contributed by atoms with van der Waals surface area (Å²) in [6, 6.07) is 0.806. The third-order valence-corrected chi connectivity index (χ3v) is 3.65. The van der Waals surface area contributed by atoms with Gasteiger partial charge in [0.15, 0.2) is 5.96 Å². The fraction of sp³-hybridized carbons (Fsp3) is 0.571. The molecule has 0 aromatic carbocycles. The van der Waals surface area contributed by atoms with E-state index >= 15 is 0 Å². The predicted octanol–water partition coefficient (Wildman–Crippen LogP) is 3.42. The van der Waals surface area contributed by atoms with Crippen LogP contribution in [-0.4, -0.2) is 49.1 Å². The van der Waals surface area contributed by atoms with Gasteiger partial charge in [0.1, 0.15) is 11.6 Å². The number of pyridine rings is 1. The Hall–Kier alpha value is -0.970. The molecule has 0 atom stereocenters. The summed E-state index contributed by atoms with van der Waals surface area (Å²) in [4.78, 5) is 9.94. The van der Waals surface area contributed by atoms with Crippen LogP contribution in [0.4, 0.5) is 13.2 Å². The average molecular weight is 479 g/mol. The van der Waals surface area contributed by atoms with E-state index in [9.17, 15) is 13.2 Å². The van der Waals surface area contributed by atoms with Crippen LogP contribution in [0.3, 0.4) is 0 Å². The van der Waals surface area contributed by atoms with E-state index in [2.05, 4.69) is 20.2 Å². The van der Waals surface area contributed by atoms with Gasteiger partial charge < -0.3 is 15.0 Å². The fourth-order valence-electron chi connectivity index (χ4n) is 2.26. The first-order valence-corrected chi connectivity index (χ1v) is 7.60. The van der Waals surface area contributed by atoms with Gasteiger partial charge in [-0.05, 0) is 18.9 Å². The molecule has 1 N–H and O–H groups in total. The lowest BCUT2D eigenvalue weighted by Gasteiger charge is -2.20. The zero-order chi connectivity index (χ0) is 16.9. The minimum Gasteiger partial charge on any atom is -0.475 e. The molecular formula is C14H19ClF3IN4O. The van der Waals surface area contributed by atoms with Crippen LogP contribution >= 0.6 is 35.6 Å². The number of likely N-dealkylation sites (tertiary alicyclic amines) is 1. The van der Waals surface area contributed by atoms with Crippen LogP contribution < -0.4 is 10.1 Å². The lowest BCUT2D eigenvalue weighted by Crippen LogP contribution is -2.41. The van der Waals surface area contributed by atoms with Gasteiger partial charge in [-0.15, -0.1) is 24.0 Å². The maximum Gasteiger partial charge on any atom is 0.417 e. The van der Waals surface area contributed by atoms with Gasteiger partial charge >= 0.3 is 6.18 Å². The first-order chi connectivity index (χ1) is 10.9. The molecule has 5 nitrogen and oxygen atoms in total. The van der Waals surface area contributed by atoms with Crippen molar-refractivity contribution >= 4 is 41.5 Å². The SMILES string of the molecule is CN=C(NCCOc1ncc(C(F)(F)F)cc1Cl)N1CCCC1.I. The fourth-order valence-corrected chi connectivity index (χ4v) is 2.48. The molecule has 0 aliphatic carbocycles. The van der Waals surface area contributed by atoms with E-state index in [4.69, 9.17) is 16.3 Å². The van der Waals surface area contributed by atoms with Crippen LogP contribution in [0.15, 0.2) is 17.3 Å². The van der Waals surface area contributed by atoms with Crippen LogP contribution in [0.5, 0.6) is 5.88 Å². The van der Waals surface area contributed by atoms with E-state index in [0.717, 1.165) is 38.0 Å². The van der Waals surface area contributed by atoms with Gasteiger partial charge in [-0.2, -0.15) is 13.2 Å². The van der Waals surface area contributed by atoms with Crippen molar-refractivity contribution in [3.05, 3.63) is 22.8 Å². The van der Waals surface area contributed by atoms with E-state index in [-0.39, 0.29) is 41.5 Å². The Bertz CT molecular complexity index is 565. The molecule has 1 aliphatic heterocycles. The van der Waals surface area contributed by atoms with E-state index in [1.807, 2.05) is 0 Å². The molecule has 0 radical (unpaired) electrons. The highest BCUT2D eigenvalue weighted by Gasteiger charge is 2.31. The van der Waals surface area contributed by atoms with Crippen molar-refractivity contribution in [3.8, 4) is 5.88 Å². The summed E-state index contributed by atoms with van der Waals surface area (Å²) in [6.07, 6.45) is -1.48. The Kier molecular flexibility index (Phi) is 8.34. The third-order valence-electron chi connectivity index (χ3n) is 3.38. The molecule has 2 rings (SSSR count). The molecule has 2 heterocycles. The second-order valence-electron chi connectivity index (χ2n) is 5.03. The topological polar surface area (TPSA) is 49.8 Å². The number of alkyl halides is 3. The number of halogens is 5. The zero-order valence-corrected chi connectivity index (χ0v) is 16.2. The van der Waals surface area contributed by atoms with Crippen LogP contribution in [-0.2, 0) is 6.18 Å². The zero-order valence-electron chi connectivity index (χ0n) is 13.1. The number of nitrogens with one attached hydrogen (secondary N) is 1. The molecule has 10 heteroatoms. The summed E-state index contributed by atoms with van der Waals surface area (Å²) in [5.74, 6) is 0.773. The number of nitrogens with zero attached hydrogens (tertiary/aromatic N) is 3. The highest BCUT2D eigenvalue weighted by atomic mass is 127. The van der Waals surface area contributed by atoms with Crippen molar-refractivity contribution in [3.63, 3.8) is 0 Å². The van der Waals surface area contributed by atoms with Crippen molar-refractivity contribution in [2.45, 2.75) is 19.0 Å². The lowest BCUT2D eigenvalue weighted by molar-refractivity contribution is -0.137. The Labute approximate surface area is 160 Å². The van der Waals surface area contributed by atoms with Crippen LogP contribution in [0.2, 0.25) is 5.02 Å². The Morgan fingerprint density at radius 3 is 2.62 bits per heavy atom. The van der Waals surface area contributed by atoms with Gasteiger partial charge in [0.25, 0.3) is 0 Å². The normalized spacial score (nSPS) is 15.2. The number of aromatic nitrogens is 1. The van der Waals surface area contributed by atoms with Crippen molar-refractivity contribution < 1.29 is 17.9 Å². The van der Waals surface area contributed by atoms with Gasteiger partial charge in [-0.25, -0.2) is 4.98 Å². The van der Waals surface area contributed by atoms with Gasteiger partial charge in [0.2, 0.25) is 5.88 Å². The monoisotopic (exact) mass is 478 g/mol. The van der Waals surface area contributed by atoms with Crippen LogP contribution in [0.25, 0.3) is 0 Å². The summed E-state index contributed by atoms with van der Waals surface area (Å²) in [5.41, 5.74) is -0.901. The van der Waals surface area contributed by atoms with Gasteiger partial charge in [0, 0.05) is 26.3 Å². The number of hydrogen-bond acceptors (Lipinski definition) is 3. The number of guanidine groups is 1. The largest absolute Gasteiger partial charge is 0.475 e. The predicted molar refractivity (Wildman–Crippen MR) is 97.3 cm³/mol. The molecule has 0 amide bonds. The minimum atomic E-state index is -4.47. The molecule has 1 aliphatic rings. The summed E-state index contributed by atoms with van der Waals surface area (Å²) in [5, 5.41) is 2.97. The first-order valence-electron chi connectivity index (χ1n) is 7.23. The Morgan fingerprint density at radius 2 is 2.08 bits per heavy atom. The van der Waals surface area contributed by atoms with Gasteiger partial charge in [-0.3, -0.25) is 4.99 Å².